The van der Waals surface area contributed by atoms with Gasteiger partial charge in [-0.2, -0.15) is 13.2 Å². The average Bonchev–Trinajstić information content (AvgIpc) is 3.50. The summed E-state index contributed by atoms with van der Waals surface area (Å²) in [4.78, 5) is 4.42. The van der Waals surface area contributed by atoms with Crippen molar-refractivity contribution in [3.63, 3.8) is 0 Å². The topological polar surface area (TPSA) is 78.0 Å². The molecule has 200 valence electrons. The molecule has 0 saturated carbocycles. The molecule has 0 aliphatic carbocycles. The Bertz CT molecular complexity index is 1660. The van der Waals surface area contributed by atoms with Crippen LogP contribution in [-0.4, -0.2) is 39.5 Å². The highest BCUT2D eigenvalue weighted by atomic mass is 19.4. The van der Waals surface area contributed by atoms with Crippen molar-refractivity contribution in [1.29, 1.82) is 0 Å². The van der Waals surface area contributed by atoms with Gasteiger partial charge >= 0.3 is 6.18 Å². The largest absolute Gasteiger partial charge is 0.435 e. The van der Waals surface area contributed by atoms with Crippen LogP contribution in [-0.2, 0) is 24.5 Å². The Kier molecular flexibility index (Phi) is 6.40. The molecule has 0 bridgehead atoms. The second kappa shape index (κ2) is 9.90. The highest BCUT2D eigenvalue weighted by Crippen LogP contribution is 2.39. The molecule has 1 aliphatic heterocycles. The lowest BCUT2D eigenvalue weighted by atomic mass is 9.97. The molecule has 0 radical (unpaired) electrons. The van der Waals surface area contributed by atoms with Crippen LogP contribution in [0.3, 0.4) is 0 Å². The molecule has 39 heavy (non-hydrogen) atoms. The number of alkyl halides is 3. The molecule has 3 heterocycles. The minimum atomic E-state index is -4.62. The Morgan fingerprint density at radius 3 is 2.56 bits per heavy atom. The molecule has 6 rings (SSSR count). The van der Waals surface area contributed by atoms with Crippen LogP contribution in [0.4, 0.5) is 17.6 Å². The lowest BCUT2D eigenvalue weighted by Gasteiger charge is -2.26. The summed E-state index contributed by atoms with van der Waals surface area (Å²) in [6.07, 6.45) is -3.10. The first kappa shape index (κ1) is 25.2. The number of hydrogen-bond donors (Lipinski definition) is 1. The van der Waals surface area contributed by atoms with Crippen LogP contribution in [0, 0.1) is 11.7 Å². The van der Waals surface area contributed by atoms with Gasteiger partial charge in [-0.25, -0.2) is 9.37 Å². The lowest BCUT2D eigenvalue weighted by Crippen LogP contribution is -2.36. The van der Waals surface area contributed by atoms with Gasteiger partial charge < -0.3 is 19.0 Å². The van der Waals surface area contributed by atoms with Gasteiger partial charge in [0.15, 0.2) is 11.4 Å². The van der Waals surface area contributed by atoms with Gasteiger partial charge in [0.1, 0.15) is 23.2 Å². The third kappa shape index (κ3) is 5.02. The summed E-state index contributed by atoms with van der Waals surface area (Å²) in [6.45, 7) is 2.24. The van der Waals surface area contributed by atoms with Crippen LogP contribution < -0.4 is 5.32 Å². The van der Waals surface area contributed by atoms with Gasteiger partial charge in [0.05, 0.1) is 13.2 Å². The minimum absolute atomic E-state index is 0.0522. The molecule has 0 atom stereocenters. The molecule has 0 amide bonds. The minimum Gasteiger partial charge on any atom is -0.435 e. The Hall–Kier alpha value is -4.09. The van der Waals surface area contributed by atoms with E-state index >= 15 is 0 Å². The van der Waals surface area contributed by atoms with Crippen molar-refractivity contribution in [3.8, 4) is 34.0 Å². The molecular formula is C28H23F4N5O2. The molecule has 5 aromatic rings. The van der Waals surface area contributed by atoms with Crippen LogP contribution in [0.25, 0.3) is 45.1 Å². The first-order valence-corrected chi connectivity index (χ1v) is 12.3. The summed E-state index contributed by atoms with van der Waals surface area (Å²) < 4.78 is 68.7. The Labute approximate surface area is 220 Å². The number of hydrogen-bond acceptors (Lipinski definition) is 6. The van der Waals surface area contributed by atoms with Crippen LogP contribution in [0.1, 0.15) is 11.1 Å². The zero-order chi connectivity index (χ0) is 27.1. The first-order chi connectivity index (χ1) is 18.8. The SMILES string of the molecule is Cn1cnnc1-c1cc(F)ccc1-c1cccc(-c2nc3cc(CNCC4COC4)cc(C(F)(F)F)c3o2)c1. The molecule has 1 saturated heterocycles. The van der Waals surface area contributed by atoms with E-state index in [-0.39, 0.29) is 23.5 Å². The fourth-order valence-electron chi connectivity index (χ4n) is 4.65. The van der Waals surface area contributed by atoms with E-state index < -0.39 is 17.6 Å². The maximum atomic E-state index is 14.2. The molecule has 1 aliphatic rings. The predicted molar refractivity (Wildman–Crippen MR) is 136 cm³/mol. The van der Waals surface area contributed by atoms with Gasteiger partial charge in [0.25, 0.3) is 0 Å². The quantitative estimate of drug-likeness (QED) is 0.263. The normalized spacial score (nSPS) is 14.2. The Balaban J connectivity index is 1.38. The first-order valence-electron chi connectivity index (χ1n) is 12.3. The summed E-state index contributed by atoms with van der Waals surface area (Å²) in [5.74, 6) is 0.462. The fourth-order valence-corrected chi connectivity index (χ4v) is 4.65. The molecule has 1 fully saturated rings. The molecule has 2 aromatic heterocycles. The molecule has 0 spiro atoms. The monoisotopic (exact) mass is 537 g/mol. The van der Waals surface area contributed by atoms with E-state index in [1.807, 2.05) is 6.07 Å². The van der Waals surface area contributed by atoms with E-state index in [2.05, 4.69) is 20.5 Å². The Morgan fingerprint density at radius 1 is 1.03 bits per heavy atom. The van der Waals surface area contributed by atoms with E-state index in [0.717, 1.165) is 6.07 Å². The van der Waals surface area contributed by atoms with Crippen molar-refractivity contribution in [1.82, 2.24) is 25.1 Å². The number of rotatable bonds is 7. The highest BCUT2D eigenvalue weighted by molar-refractivity contribution is 5.84. The van der Waals surface area contributed by atoms with Crippen LogP contribution in [0.5, 0.6) is 0 Å². The van der Waals surface area contributed by atoms with Gasteiger partial charge in [-0.05, 0) is 53.1 Å². The van der Waals surface area contributed by atoms with Crippen LogP contribution in [0.15, 0.2) is 65.3 Å². The molecule has 11 heteroatoms. The summed E-state index contributed by atoms with van der Waals surface area (Å²) in [5, 5.41) is 11.2. The van der Waals surface area contributed by atoms with Crippen LogP contribution in [0.2, 0.25) is 0 Å². The van der Waals surface area contributed by atoms with E-state index in [4.69, 9.17) is 9.15 Å². The summed E-state index contributed by atoms with van der Waals surface area (Å²) in [5.41, 5.74) is 1.76. The maximum absolute atomic E-state index is 14.2. The fraction of sp³-hybridized carbons (Fsp3) is 0.250. The molecular weight excluding hydrogens is 514 g/mol. The third-order valence-corrected chi connectivity index (χ3v) is 6.68. The smallest absolute Gasteiger partial charge is 0.420 e. The number of ether oxygens (including phenoxy) is 1. The average molecular weight is 538 g/mol. The number of fused-ring (bicyclic) bond motifs is 1. The number of benzene rings is 3. The molecule has 1 N–H and O–H groups in total. The zero-order valence-electron chi connectivity index (χ0n) is 20.8. The number of nitrogens with one attached hydrogen (secondary N) is 1. The number of nitrogens with zero attached hydrogens (tertiary/aromatic N) is 4. The van der Waals surface area contributed by atoms with Crippen molar-refractivity contribution < 1.29 is 26.7 Å². The van der Waals surface area contributed by atoms with Gasteiger partial charge in [-0.15, -0.1) is 10.2 Å². The van der Waals surface area contributed by atoms with Gasteiger partial charge in [0, 0.05) is 37.2 Å². The number of aryl methyl sites for hydroxylation is 1. The predicted octanol–water partition coefficient (Wildman–Crippen LogP) is 5.85. The van der Waals surface area contributed by atoms with Crippen LogP contribution >= 0.6 is 0 Å². The lowest BCUT2D eigenvalue weighted by molar-refractivity contribution is -0.136. The number of oxazole rings is 1. The van der Waals surface area contributed by atoms with E-state index in [1.54, 1.807) is 41.9 Å². The second-order valence-corrected chi connectivity index (χ2v) is 9.58. The Morgan fingerprint density at radius 2 is 1.85 bits per heavy atom. The van der Waals surface area contributed by atoms with Crippen molar-refractivity contribution >= 4 is 11.1 Å². The van der Waals surface area contributed by atoms with E-state index in [0.29, 0.717) is 59.3 Å². The zero-order valence-corrected chi connectivity index (χ0v) is 20.8. The summed E-state index contributed by atoms with van der Waals surface area (Å²) >= 11 is 0. The summed E-state index contributed by atoms with van der Waals surface area (Å²) in [7, 11) is 1.75. The molecule has 0 unspecified atom stereocenters. The third-order valence-electron chi connectivity index (χ3n) is 6.68. The molecule has 7 nitrogen and oxygen atoms in total. The van der Waals surface area contributed by atoms with Gasteiger partial charge in [0.2, 0.25) is 5.89 Å². The van der Waals surface area contributed by atoms with Crippen molar-refractivity contribution in [2.45, 2.75) is 12.7 Å². The van der Waals surface area contributed by atoms with Gasteiger partial charge in [-0.3, -0.25) is 0 Å². The van der Waals surface area contributed by atoms with Crippen molar-refractivity contribution in [2.24, 2.45) is 13.0 Å². The molecule has 3 aromatic carbocycles. The van der Waals surface area contributed by atoms with E-state index in [1.165, 1.54) is 18.5 Å². The highest BCUT2D eigenvalue weighted by Gasteiger charge is 2.35. The van der Waals surface area contributed by atoms with Crippen molar-refractivity contribution in [2.75, 3.05) is 19.8 Å². The van der Waals surface area contributed by atoms with Crippen molar-refractivity contribution in [3.05, 3.63) is 77.9 Å². The number of aromatic nitrogens is 4. The van der Waals surface area contributed by atoms with Gasteiger partial charge in [-0.1, -0.05) is 18.2 Å². The number of halogens is 4. The maximum Gasteiger partial charge on any atom is 0.420 e. The van der Waals surface area contributed by atoms with E-state index in [9.17, 15) is 17.6 Å². The standard InChI is InChI=1S/C28H23F4N5O2/c1-37-15-34-36-26(37)22-10-20(29)5-6-21(22)18-3-2-4-19(9-18)27-35-24-8-16(11-33-12-17-13-38-14-17)7-23(25(24)39-27)28(30,31)32/h2-10,15,17,33H,11-14H2,1H3. The second-order valence-electron chi connectivity index (χ2n) is 9.58. The summed E-state index contributed by atoms with van der Waals surface area (Å²) in [6, 6.07) is 14.1.